The summed E-state index contributed by atoms with van der Waals surface area (Å²) >= 11 is 0. The van der Waals surface area contributed by atoms with Gasteiger partial charge in [0.1, 0.15) is 5.82 Å². The molecule has 0 aliphatic heterocycles. The quantitative estimate of drug-likeness (QED) is 0.798. The minimum absolute atomic E-state index is 0.0341. The molecule has 3 rings (SSSR count). The molecule has 2 N–H and O–H groups in total. The summed E-state index contributed by atoms with van der Waals surface area (Å²) in [6, 6.07) is 6.28. The summed E-state index contributed by atoms with van der Waals surface area (Å²) in [5, 5.41) is 12.0. The van der Waals surface area contributed by atoms with E-state index in [9.17, 15) is 9.18 Å². The maximum atomic E-state index is 13.7. The van der Waals surface area contributed by atoms with Gasteiger partial charge in [-0.1, -0.05) is 24.3 Å². The predicted octanol–water partition coefficient (Wildman–Crippen LogP) is 2.47. The Labute approximate surface area is 139 Å². The Morgan fingerprint density at radius 2 is 2.21 bits per heavy atom. The van der Waals surface area contributed by atoms with Crippen LogP contribution in [0.25, 0.3) is 11.3 Å². The van der Waals surface area contributed by atoms with Crippen LogP contribution in [0.1, 0.15) is 18.7 Å². The molecule has 24 heavy (non-hydrogen) atoms. The van der Waals surface area contributed by atoms with Gasteiger partial charge in [-0.2, -0.15) is 0 Å². The summed E-state index contributed by atoms with van der Waals surface area (Å²) in [7, 11) is 0. The Kier molecular flexibility index (Phi) is 5.05. The van der Waals surface area contributed by atoms with E-state index in [1.54, 1.807) is 18.2 Å². The first kappa shape index (κ1) is 16.4. The number of oxazole rings is 1. The maximum Gasteiger partial charge on any atom is 0.220 e. The highest BCUT2D eigenvalue weighted by molar-refractivity contribution is 5.76. The number of benzene rings is 1. The summed E-state index contributed by atoms with van der Waals surface area (Å²) < 4.78 is 19.2. The molecule has 126 valence electrons. The van der Waals surface area contributed by atoms with E-state index in [2.05, 4.69) is 10.3 Å². The first-order chi connectivity index (χ1) is 11.7. The number of hydrogen-bond acceptors (Lipinski definition) is 4. The van der Waals surface area contributed by atoms with Crippen LogP contribution >= 0.6 is 0 Å². The normalized spacial score (nSPS) is 19.6. The Hall–Kier alpha value is -2.47. The minimum atomic E-state index is -0.371. The number of aliphatic hydroxyl groups excluding tert-OH is 1. The summed E-state index contributed by atoms with van der Waals surface area (Å²) in [5.74, 6) is 0.398. The largest absolute Gasteiger partial charge is 0.441 e. The Bertz CT molecular complexity index is 741. The molecule has 6 heteroatoms. The average Bonchev–Trinajstić information content (AvgIpc) is 3.22. The Balaban J connectivity index is 1.52. The summed E-state index contributed by atoms with van der Waals surface area (Å²) in [5.41, 5.74) is 0.354. The van der Waals surface area contributed by atoms with Crippen LogP contribution in [0.3, 0.4) is 0 Å². The van der Waals surface area contributed by atoms with E-state index in [-0.39, 0.29) is 36.7 Å². The van der Waals surface area contributed by atoms with Crippen LogP contribution in [0.15, 0.2) is 47.0 Å². The molecule has 1 heterocycles. The lowest BCUT2D eigenvalue weighted by atomic mass is 10.1. The van der Waals surface area contributed by atoms with Crippen LogP contribution in [-0.4, -0.2) is 28.6 Å². The molecule has 0 unspecified atom stereocenters. The van der Waals surface area contributed by atoms with E-state index >= 15 is 0 Å². The van der Waals surface area contributed by atoms with Gasteiger partial charge in [-0.3, -0.25) is 4.79 Å². The number of carbonyl (C=O) groups excluding carboxylic acids is 1. The number of halogens is 1. The molecule has 1 aromatic heterocycles. The molecule has 0 spiro atoms. The number of aryl methyl sites for hydroxylation is 1. The lowest BCUT2D eigenvalue weighted by Crippen LogP contribution is -2.33. The second-order valence-corrected chi connectivity index (χ2v) is 5.84. The van der Waals surface area contributed by atoms with Crippen LogP contribution in [0.5, 0.6) is 0 Å². The number of nitrogens with zero attached hydrogens (tertiary/aromatic N) is 1. The van der Waals surface area contributed by atoms with Crippen molar-refractivity contribution in [2.24, 2.45) is 5.92 Å². The second kappa shape index (κ2) is 7.40. The van der Waals surface area contributed by atoms with Crippen LogP contribution in [-0.2, 0) is 11.2 Å². The number of amides is 1. The predicted molar refractivity (Wildman–Crippen MR) is 86.5 cm³/mol. The van der Waals surface area contributed by atoms with E-state index in [1.807, 2.05) is 12.2 Å². The first-order valence-corrected chi connectivity index (χ1v) is 7.94. The Morgan fingerprint density at radius 3 is 2.96 bits per heavy atom. The van der Waals surface area contributed by atoms with Crippen molar-refractivity contribution in [2.75, 3.05) is 6.61 Å². The molecule has 0 bridgehead atoms. The van der Waals surface area contributed by atoms with Gasteiger partial charge in [0.15, 0.2) is 11.7 Å². The zero-order chi connectivity index (χ0) is 16.9. The summed E-state index contributed by atoms with van der Waals surface area (Å²) in [6.45, 7) is 0.0952. The van der Waals surface area contributed by atoms with Crippen LogP contribution in [0.2, 0.25) is 0 Å². The third-order valence-electron chi connectivity index (χ3n) is 4.01. The first-order valence-electron chi connectivity index (χ1n) is 7.94. The Morgan fingerprint density at radius 1 is 1.38 bits per heavy atom. The van der Waals surface area contributed by atoms with Gasteiger partial charge in [-0.25, -0.2) is 9.37 Å². The average molecular weight is 330 g/mol. The summed E-state index contributed by atoms with van der Waals surface area (Å²) in [6.07, 6.45) is 6.60. The van der Waals surface area contributed by atoms with Crippen LogP contribution in [0.4, 0.5) is 4.39 Å². The molecular formula is C18H19FN2O3. The zero-order valence-corrected chi connectivity index (χ0v) is 13.1. The molecule has 0 saturated carbocycles. The highest BCUT2D eigenvalue weighted by atomic mass is 19.1. The minimum Gasteiger partial charge on any atom is -0.441 e. The van der Waals surface area contributed by atoms with Gasteiger partial charge in [0.2, 0.25) is 5.91 Å². The van der Waals surface area contributed by atoms with Crippen molar-refractivity contribution in [3.63, 3.8) is 0 Å². The van der Waals surface area contributed by atoms with Crippen LogP contribution < -0.4 is 5.32 Å². The van der Waals surface area contributed by atoms with Gasteiger partial charge < -0.3 is 14.8 Å². The van der Waals surface area contributed by atoms with Crippen molar-refractivity contribution in [2.45, 2.75) is 25.3 Å². The van der Waals surface area contributed by atoms with E-state index in [4.69, 9.17) is 9.52 Å². The number of rotatable bonds is 6. The zero-order valence-electron chi connectivity index (χ0n) is 13.1. The fourth-order valence-electron chi connectivity index (χ4n) is 2.73. The van der Waals surface area contributed by atoms with Gasteiger partial charge in [0, 0.05) is 31.4 Å². The number of nitrogens with one attached hydrogen (secondary N) is 1. The third kappa shape index (κ3) is 3.89. The number of aliphatic hydroxyl groups is 1. The molecule has 1 aromatic carbocycles. The topological polar surface area (TPSA) is 75.4 Å². The van der Waals surface area contributed by atoms with E-state index in [0.29, 0.717) is 23.6 Å². The molecule has 1 amide bonds. The van der Waals surface area contributed by atoms with Gasteiger partial charge in [0.05, 0.1) is 11.8 Å². The van der Waals surface area contributed by atoms with Crippen molar-refractivity contribution in [3.05, 3.63) is 54.3 Å². The smallest absolute Gasteiger partial charge is 0.220 e. The number of hydrogen-bond donors (Lipinski definition) is 2. The highest BCUT2D eigenvalue weighted by Gasteiger charge is 2.20. The van der Waals surface area contributed by atoms with Crippen molar-refractivity contribution < 1.29 is 18.7 Å². The third-order valence-corrected chi connectivity index (χ3v) is 4.01. The second-order valence-electron chi connectivity index (χ2n) is 5.84. The molecule has 0 saturated heterocycles. The van der Waals surface area contributed by atoms with Gasteiger partial charge in [-0.05, 0) is 18.6 Å². The summed E-state index contributed by atoms with van der Waals surface area (Å²) in [4.78, 5) is 16.1. The monoisotopic (exact) mass is 330 g/mol. The van der Waals surface area contributed by atoms with E-state index in [0.717, 1.165) is 6.42 Å². The lowest BCUT2D eigenvalue weighted by Gasteiger charge is -2.12. The number of carbonyl (C=O) groups is 1. The van der Waals surface area contributed by atoms with Gasteiger partial charge in [0.25, 0.3) is 0 Å². The van der Waals surface area contributed by atoms with Crippen molar-refractivity contribution >= 4 is 5.91 Å². The van der Waals surface area contributed by atoms with E-state index < -0.39 is 0 Å². The van der Waals surface area contributed by atoms with Crippen molar-refractivity contribution in [3.8, 4) is 11.3 Å². The van der Waals surface area contributed by atoms with E-state index in [1.165, 1.54) is 12.3 Å². The van der Waals surface area contributed by atoms with Crippen molar-refractivity contribution in [1.29, 1.82) is 0 Å². The SMILES string of the molecule is O=C(CCc1ncc(-c2ccccc2F)o1)N[C@@H]1C=C[C@H](CO)C1. The molecule has 0 fully saturated rings. The fraction of sp³-hybridized carbons (Fsp3) is 0.333. The molecule has 2 aromatic rings. The van der Waals surface area contributed by atoms with Crippen molar-refractivity contribution in [1.82, 2.24) is 10.3 Å². The lowest BCUT2D eigenvalue weighted by molar-refractivity contribution is -0.121. The maximum absolute atomic E-state index is 13.7. The fourth-order valence-corrected chi connectivity index (χ4v) is 2.73. The molecule has 0 radical (unpaired) electrons. The van der Waals surface area contributed by atoms with Crippen LogP contribution in [0, 0.1) is 11.7 Å². The molecule has 1 aliphatic rings. The van der Waals surface area contributed by atoms with Gasteiger partial charge >= 0.3 is 0 Å². The molecule has 1 aliphatic carbocycles. The molecule has 5 nitrogen and oxygen atoms in total. The highest BCUT2D eigenvalue weighted by Crippen LogP contribution is 2.23. The van der Waals surface area contributed by atoms with Gasteiger partial charge in [-0.15, -0.1) is 0 Å². The molecule has 2 atom stereocenters. The number of aromatic nitrogens is 1. The standard InChI is InChI=1S/C18H19FN2O3/c19-15-4-2-1-3-14(15)16-10-20-18(24-16)8-7-17(23)21-13-6-5-12(9-13)11-22/h1-6,10,12-13,22H,7-9,11H2,(H,21,23)/t12-,13+/m0/s1. The molecular weight excluding hydrogens is 311 g/mol.